The van der Waals surface area contributed by atoms with E-state index in [1.165, 1.54) is 7.11 Å². The molecule has 1 N–H and O–H groups in total. The molecule has 0 spiro atoms. The van der Waals surface area contributed by atoms with Crippen LogP contribution in [0.3, 0.4) is 0 Å². The van der Waals surface area contributed by atoms with Gasteiger partial charge in [-0.05, 0) is 41.8 Å². The van der Waals surface area contributed by atoms with Crippen molar-refractivity contribution in [1.82, 2.24) is 4.90 Å². The molecule has 2 aliphatic heterocycles. The Bertz CT molecular complexity index is 894. The molecule has 158 valence electrons. The largest absolute Gasteiger partial charge is 0.468 e. The van der Waals surface area contributed by atoms with Crippen molar-refractivity contribution in [2.75, 3.05) is 50.2 Å². The molecular formula is C23H27N3O4. The van der Waals surface area contributed by atoms with Gasteiger partial charge in [-0.3, -0.25) is 14.5 Å². The number of amides is 1. The second-order valence-corrected chi connectivity index (χ2v) is 7.61. The molecule has 0 aliphatic carbocycles. The highest BCUT2D eigenvalue weighted by Crippen LogP contribution is 2.24. The number of carbonyl (C=O) groups excluding carboxylic acids is 2. The van der Waals surface area contributed by atoms with E-state index < -0.39 is 6.04 Å². The Morgan fingerprint density at radius 3 is 2.47 bits per heavy atom. The first kappa shape index (κ1) is 20.4. The average molecular weight is 409 g/mol. The smallest absolute Gasteiger partial charge is 0.323 e. The lowest BCUT2D eigenvalue weighted by Gasteiger charge is -2.34. The number of morpholine rings is 1. The zero-order valence-corrected chi connectivity index (χ0v) is 17.2. The van der Waals surface area contributed by atoms with E-state index in [0.717, 1.165) is 48.8 Å². The van der Waals surface area contributed by atoms with E-state index in [0.29, 0.717) is 13.0 Å². The molecule has 1 saturated heterocycles. The quantitative estimate of drug-likeness (QED) is 0.763. The first-order valence-electron chi connectivity index (χ1n) is 10.3. The van der Waals surface area contributed by atoms with Crippen LogP contribution in [0.1, 0.15) is 11.1 Å². The van der Waals surface area contributed by atoms with Crippen molar-refractivity contribution in [3.8, 4) is 0 Å². The maximum atomic E-state index is 12.7. The zero-order chi connectivity index (χ0) is 20.9. The number of rotatable bonds is 5. The van der Waals surface area contributed by atoms with Gasteiger partial charge in [-0.1, -0.05) is 24.3 Å². The van der Waals surface area contributed by atoms with Crippen LogP contribution < -0.4 is 10.2 Å². The summed E-state index contributed by atoms with van der Waals surface area (Å²) in [7, 11) is 1.39. The highest BCUT2D eigenvalue weighted by molar-refractivity contribution is 5.93. The Kier molecular flexibility index (Phi) is 6.30. The van der Waals surface area contributed by atoms with Crippen molar-refractivity contribution < 1.29 is 19.1 Å². The highest BCUT2D eigenvalue weighted by atomic mass is 16.5. The average Bonchev–Trinajstić information content (AvgIpc) is 2.79. The third-order valence-corrected chi connectivity index (χ3v) is 5.69. The van der Waals surface area contributed by atoms with Crippen LogP contribution in [0.2, 0.25) is 0 Å². The molecule has 2 aromatic carbocycles. The van der Waals surface area contributed by atoms with E-state index in [4.69, 9.17) is 9.47 Å². The van der Waals surface area contributed by atoms with Gasteiger partial charge in [-0.2, -0.15) is 0 Å². The van der Waals surface area contributed by atoms with Gasteiger partial charge in [0.2, 0.25) is 5.91 Å². The predicted octanol–water partition coefficient (Wildman–Crippen LogP) is 2.06. The van der Waals surface area contributed by atoms with Crippen molar-refractivity contribution in [3.05, 3.63) is 59.7 Å². The van der Waals surface area contributed by atoms with Gasteiger partial charge in [0, 0.05) is 31.0 Å². The van der Waals surface area contributed by atoms with Crippen molar-refractivity contribution in [1.29, 1.82) is 0 Å². The van der Waals surface area contributed by atoms with E-state index in [1.807, 2.05) is 53.4 Å². The molecule has 4 rings (SSSR count). The fourth-order valence-corrected chi connectivity index (χ4v) is 4.07. The van der Waals surface area contributed by atoms with Crippen LogP contribution in [0.4, 0.5) is 11.4 Å². The van der Waals surface area contributed by atoms with Gasteiger partial charge in [-0.25, -0.2) is 0 Å². The van der Waals surface area contributed by atoms with Gasteiger partial charge in [-0.15, -0.1) is 0 Å². The Balaban J connectivity index is 1.40. The van der Waals surface area contributed by atoms with Gasteiger partial charge in [0.05, 0.1) is 26.9 Å². The van der Waals surface area contributed by atoms with E-state index in [2.05, 4.69) is 10.2 Å². The number of hydrogen-bond donors (Lipinski definition) is 1. The van der Waals surface area contributed by atoms with Crippen molar-refractivity contribution >= 4 is 23.3 Å². The predicted molar refractivity (Wildman–Crippen MR) is 114 cm³/mol. The molecule has 0 aromatic heterocycles. The number of methoxy groups -OCH3 is 1. The number of esters is 1. The van der Waals surface area contributed by atoms with E-state index in [1.54, 1.807) is 0 Å². The van der Waals surface area contributed by atoms with Gasteiger partial charge in [0.15, 0.2) is 0 Å². The molecular weight excluding hydrogens is 382 g/mol. The van der Waals surface area contributed by atoms with Crippen LogP contribution in [-0.2, 0) is 32.0 Å². The van der Waals surface area contributed by atoms with Crippen LogP contribution in [0.5, 0.6) is 0 Å². The molecule has 0 unspecified atom stereocenters. The van der Waals surface area contributed by atoms with E-state index in [9.17, 15) is 9.59 Å². The van der Waals surface area contributed by atoms with E-state index >= 15 is 0 Å². The van der Waals surface area contributed by atoms with Crippen molar-refractivity contribution in [2.45, 2.75) is 19.0 Å². The Hall–Kier alpha value is -2.90. The monoisotopic (exact) mass is 409 g/mol. The molecule has 7 heteroatoms. The van der Waals surface area contributed by atoms with Crippen LogP contribution in [-0.4, -0.2) is 62.8 Å². The summed E-state index contributed by atoms with van der Waals surface area (Å²) in [6.45, 7) is 3.88. The molecule has 0 bridgehead atoms. The highest BCUT2D eigenvalue weighted by Gasteiger charge is 2.33. The minimum Gasteiger partial charge on any atom is -0.468 e. The topological polar surface area (TPSA) is 71.1 Å². The molecule has 1 fully saturated rings. The molecule has 2 aliphatic rings. The molecule has 2 heterocycles. The number of carbonyl (C=O) groups is 2. The summed E-state index contributed by atoms with van der Waals surface area (Å²) in [4.78, 5) is 29.2. The molecule has 7 nitrogen and oxygen atoms in total. The van der Waals surface area contributed by atoms with Gasteiger partial charge in [0.1, 0.15) is 6.04 Å². The lowest BCUT2D eigenvalue weighted by molar-refractivity contribution is -0.148. The standard InChI is InChI=1S/C23H27N3O4/c1-29-23(28)21-14-17-4-2-3-5-18(17)15-26(21)16-22(27)24-19-6-8-20(9-7-19)25-10-12-30-13-11-25/h2-9,21H,10-16H2,1H3,(H,24,27)/t21-/m1/s1. The zero-order valence-electron chi connectivity index (χ0n) is 17.2. The summed E-state index contributed by atoms with van der Waals surface area (Å²) in [6.07, 6.45) is 0.546. The fourth-order valence-electron chi connectivity index (χ4n) is 4.07. The summed E-state index contributed by atoms with van der Waals surface area (Å²) in [5, 5.41) is 2.94. The number of hydrogen-bond acceptors (Lipinski definition) is 6. The van der Waals surface area contributed by atoms with Crippen LogP contribution in [0.25, 0.3) is 0 Å². The lowest BCUT2D eigenvalue weighted by Crippen LogP contribution is -2.49. The number of ether oxygens (including phenoxy) is 2. The molecule has 0 radical (unpaired) electrons. The Morgan fingerprint density at radius 2 is 1.77 bits per heavy atom. The van der Waals surface area contributed by atoms with Crippen molar-refractivity contribution in [2.24, 2.45) is 0 Å². The van der Waals surface area contributed by atoms with Crippen LogP contribution in [0.15, 0.2) is 48.5 Å². The number of nitrogens with zero attached hydrogens (tertiary/aromatic N) is 2. The van der Waals surface area contributed by atoms with Gasteiger partial charge >= 0.3 is 5.97 Å². The number of benzene rings is 2. The summed E-state index contributed by atoms with van der Waals surface area (Å²) < 4.78 is 10.4. The first-order valence-corrected chi connectivity index (χ1v) is 10.3. The van der Waals surface area contributed by atoms with Crippen LogP contribution in [0, 0.1) is 0 Å². The second-order valence-electron chi connectivity index (χ2n) is 7.61. The lowest BCUT2D eigenvalue weighted by atomic mass is 9.94. The minimum absolute atomic E-state index is 0.124. The Labute approximate surface area is 176 Å². The normalized spacial score (nSPS) is 19.1. The van der Waals surface area contributed by atoms with Crippen molar-refractivity contribution in [3.63, 3.8) is 0 Å². The first-order chi connectivity index (χ1) is 14.6. The summed E-state index contributed by atoms with van der Waals surface area (Å²) >= 11 is 0. The fraction of sp³-hybridized carbons (Fsp3) is 0.391. The molecule has 30 heavy (non-hydrogen) atoms. The third-order valence-electron chi connectivity index (χ3n) is 5.69. The van der Waals surface area contributed by atoms with E-state index in [-0.39, 0.29) is 18.4 Å². The molecule has 1 atom stereocenters. The molecule has 0 saturated carbocycles. The van der Waals surface area contributed by atoms with Crippen LogP contribution >= 0.6 is 0 Å². The SMILES string of the molecule is COC(=O)[C@H]1Cc2ccccc2CN1CC(=O)Nc1ccc(N2CCOCC2)cc1. The van der Waals surface area contributed by atoms with Gasteiger partial charge < -0.3 is 19.7 Å². The third kappa shape index (κ3) is 4.63. The number of fused-ring (bicyclic) bond motifs is 1. The summed E-state index contributed by atoms with van der Waals surface area (Å²) in [5.41, 5.74) is 4.13. The molecule has 2 aromatic rings. The maximum absolute atomic E-state index is 12.7. The number of anilines is 2. The summed E-state index contributed by atoms with van der Waals surface area (Å²) in [5.74, 6) is -0.463. The second kappa shape index (κ2) is 9.28. The Morgan fingerprint density at radius 1 is 1.07 bits per heavy atom. The summed E-state index contributed by atoms with van der Waals surface area (Å²) in [6, 6.07) is 15.4. The minimum atomic E-state index is -0.459. The molecule has 1 amide bonds. The van der Waals surface area contributed by atoms with Gasteiger partial charge in [0.25, 0.3) is 0 Å². The maximum Gasteiger partial charge on any atom is 0.323 e. The number of nitrogens with one attached hydrogen (secondary N) is 1.